The SMILES string of the molecule is C.Cc1c(C2=CCCN(C(=O)c3ccc4ccccc4n3)C2)c2cc(F)ccc2n1CC(=O)O.Cc1c(C2=CCN(Cc3ccc4ccccc4n3)CC2)c2cc(F)ccc2n1CC(=O)O.Cc1c(C2CCC(N(C)C(=O)c3ccc4ccccc4n3)CC2)c2cc(F)ccc2n1CC(=O)O.Cc1c(C2CCC(NC(=O)c3cccc4ncccc34)CC2)c2cc(F)ccc2n1CC(=O)O.Cl.Cl.Cl. The number of aromatic nitrogens is 8. The van der Waals surface area contributed by atoms with Gasteiger partial charge in [0.25, 0.3) is 17.7 Å². The second-order valence-corrected chi connectivity index (χ2v) is 35.0. The number of carbonyl (C=O) groups is 7. The third-order valence-corrected chi connectivity index (χ3v) is 26.8. The van der Waals surface area contributed by atoms with Gasteiger partial charge < -0.3 is 53.8 Å². The molecule has 30 heteroatoms. The Balaban J connectivity index is 0.000000154. The quantitative estimate of drug-likeness (QED) is 0.0470. The van der Waals surface area contributed by atoms with Crippen molar-refractivity contribution in [3.8, 4) is 0 Å². The molecule has 0 saturated heterocycles. The summed E-state index contributed by atoms with van der Waals surface area (Å²) < 4.78 is 63.3. The number of fused-ring (bicyclic) bond motifs is 8. The van der Waals surface area contributed by atoms with Gasteiger partial charge in [-0.15, -0.1) is 37.2 Å². The van der Waals surface area contributed by atoms with Gasteiger partial charge >= 0.3 is 23.9 Å². The van der Waals surface area contributed by atoms with Crippen LogP contribution in [-0.4, -0.2) is 160 Å². The van der Waals surface area contributed by atoms with Gasteiger partial charge in [-0.05, 0) is 253 Å². The summed E-state index contributed by atoms with van der Waals surface area (Å²) in [5, 5.41) is 47.6. The molecule has 0 spiro atoms. The molecule has 2 aliphatic heterocycles. The van der Waals surface area contributed by atoms with E-state index in [1.807, 2.05) is 144 Å². The molecule has 0 atom stereocenters. The lowest BCUT2D eigenvalue weighted by Crippen LogP contribution is -2.39. The zero-order valence-electron chi connectivity index (χ0n) is 76.0. The third kappa shape index (κ3) is 21.6. The van der Waals surface area contributed by atoms with Crippen molar-refractivity contribution in [2.45, 2.75) is 156 Å². The fourth-order valence-electron chi connectivity index (χ4n) is 20.4. The number of carbonyl (C=O) groups excluding carboxylic acids is 3. The van der Waals surface area contributed by atoms with Crippen molar-refractivity contribution < 1.29 is 71.5 Å². The molecular formula is C108H107Cl3F4N12O11. The molecule has 16 aromatic rings. The highest BCUT2D eigenvalue weighted by molar-refractivity contribution is 6.07. The minimum atomic E-state index is -0.970. The number of nitrogens with zero attached hydrogens (tertiary/aromatic N) is 11. The van der Waals surface area contributed by atoms with E-state index in [9.17, 15) is 71.5 Å². The summed E-state index contributed by atoms with van der Waals surface area (Å²) in [5.74, 6) is -5.05. The molecule has 714 valence electrons. The van der Waals surface area contributed by atoms with Crippen molar-refractivity contribution >= 4 is 177 Å². The van der Waals surface area contributed by atoms with Crippen LogP contribution in [0.5, 0.6) is 0 Å². The van der Waals surface area contributed by atoms with E-state index in [-0.39, 0.29) is 136 Å². The van der Waals surface area contributed by atoms with E-state index in [1.54, 1.807) is 70.7 Å². The van der Waals surface area contributed by atoms with Crippen LogP contribution >= 0.6 is 37.2 Å². The molecule has 5 N–H and O–H groups in total. The second kappa shape index (κ2) is 43.9. The Kier molecular flexibility index (Phi) is 32.2. The number of aliphatic carboxylic acids is 4. The van der Waals surface area contributed by atoms with Crippen molar-refractivity contribution in [2.24, 2.45) is 0 Å². The van der Waals surface area contributed by atoms with Gasteiger partial charge in [-0.2, -0.15) is 0 Å². The highest BCUT2D eigenvalue weighted by Gasteiger charge is 2.35. The molecule has 8 aromatic carbocycles. The molecule has 4 aliphatic rings. The van der Waals surface area contributed by atoms with Crippen LogP contribution < -0.4 is 5.32 Å². The summed E-state index contributed by atoms with van der Waals surface area (Å²) in [7, 11) is 1.84. The van der Waals surface area contributed by atoms with Gasteiger partial charge in [0, 0.05) is 163 Å². The molecule has 0 radical (unpaired) electrons. The van der Waals surface area contributed by atoms with Crippen LogP contribution in [-0.2, 0) is 51.9 Å². The van der Waals surface area contributed by atoms with Crippen molar-refractivity contribution in [2.75, 3.05) is 33.2 Å². The maximum Gasteiger partial charge on any atom is 0.323 e. The number of halogens is 7. The highest BCUT2D eigenvalue weighted by atomic mass is 35.5. The number of benzene rings is 8. The van der Waals surface area contributed by atoms with E-state index >= 15 is 0 Å². The van der Waals surface area contributed by atoms with E-state index in [1.165, 1.54) is 48.5 Å². The van der Waals surface area contributed by atoms with E-state index in [2.05, 4.69) is 55.5 Å². The summed E-state index contributed by atoms with van der Waals surface area (Å²) in [6.45, 7) is 10.2. The number of nitrogens with one attached hydrogen (secondary N) is 1. The van der Waals surface area contributed by atoms with Crippen molar-refractivity contribution in [3.05, 3.63) is 322 Å². The summed E-state index contributed by atoms with van der Waals surface area (Å²) in [5.41, 5.74) is 17.9. The van der Waals surface area contributed by atoms with Gasteiger partial charge in [-0.3, -0.25) is 48.4 Å². The molecule has 138 heavy (non-hydrogen) atoms. The molecule has 2 aliphatic carbocycles. The second-order valence-electron chi connectivity index (χ2n) is 35.0. The van der Waals surface area contributed by atoms with E-state index in [4.69, 9.17) is 4.98 Å². The van der Waals surface area contributed by atoms with Gasteiger partial charge in [-0.25, -0.2) is 27.5 Å². The third-order valence-electron chi connectivity index (χ3n) is 26.8. The Morgan fingerprint density at radius 1 is 0.435 bits per heavy atom. The Labute approximate surface area is 812 Å². The number of hydrogen-bond donors (Lipinski definition) is 5. The number of carboxylic acid groups (broad SMARTS) is 4. The lowest BCUT2D eigenvalue weighted by atomic mass is 9.80. The number of rotatable bonds is 19. The molecule has 10 heterocycles. The van der Waals surface area contributed by atoms with Crippen molar-refractivity contribution in [1.29, 1.82) is 0 Å². The fraction of sp³-hybridized carbons (Fsp3) is 0.269. The van der Waals surface area contributed by atoms with Crippen LogP contribution in [0.1, 0.15) is 166 Å². The molecule has 3 amide bonds. The molecule has 0 bridgehead atoms. The summed E-state index contributed by atoms with van der Waals surface area (Å²) in [4.78, 5) is 109. The standard InChI is InChI=1S/C28H28FN3O3.C27H26FN3O3.C26H22FN3O3.C26H24FN3O2.CH4.3ClH/c1-17-27(22-15-20(29)10-14-25(22)32(17)16-26(33)34)19-7-11-21(12-8-19)31(2)28(35)24-13-9-18-5-3-4-6-23(18)30-24;1-16-26(22-14-18(28)9-12-24(22)31(16)15-25(32)33)17-7-10-19(11-8-17)30-27(34)21-4-2-6-23-20(21)5-3-13-29-23;1-16-25(20-13-19(27)9-11-23(20)30(16)15-24(31)32)18-6-4-12-29(14-18)26(33)22-10-8-17-5-2-3-7-21(17)28-22;1-17-26(22-14-20(27)7-9-24(22)30(17)16-25(31)32)19-10-12-29(13-11-19)15-21-8-6-18-4-2-3-5-23(18)28-21;;;;/h3-6,9-10,13-15,19,21H,7-8,11-12,16H2,1-2H3,(H,33,34);2-6,9,12-14,17,19H,7-8,10-11,15H2,1H3,(H,30,34)(H,32,33);2-3,5-11,13H,4,12,14-15H2,1H3,(H,31,32);2-10,14H,11-13,15-16H2,1H3,(H,31,32);1H4;3*1H. The van der Waals surface area contributed by atoms with Crippen LogP contribution in [0.25, 0.3) is 98.4 Å². The van der Waals surface area contributed by atoms with Crippen molar-refractivity contribution in [3.63, 3.8) is 0 Å². The Bertz CT molecular complexity index is 7420. The van der Waals surface area contributed by atoms with E-state index < -0.39 is 23.9 Å². The van der Waals surface area contributed by atoms with E-state index in [0.29, 0.717) is 47.4 Å². The number of pyridine rings is 4. The predicted molar refractivity (Wildman–Crippen MR) is 538 cm³/mol. The number of carboxylic acids is 4. The van der Waals surface area contributed by atoms with Gasteiger partial charge in [0.1, 0.15) is 60.8 Å². The minimum Gasteiger partial charge on any atom is -0.480 e. The maximum atomic E-state index is 14.1. The van der Waals surface area contributed by atoms with Gasteiger partial charge in [0.2, 0.25) is 0 Å². The van der Waals surface area contributed by atoms with Crippen LogP contribution in [0.2, 0.25) is 0 Å². The molecule has 23 nitrogen and oxygen atoms in total. The summed E-state index contributed by atoms with van der Waals surface area (Å²) in [6, 6.07) is 62.5. The summed E-state index contributed by atoms with van der Waals surface area (Å²) >= 11 is 0. The monoisotopic (exact) mass is 1930 g/mol. The van der Waals surface area contributed by atoms with Crippen LogP contribution in [0.15, 0.2) is 231 Å². The molecule has 2 fully saturated rings. The Morgan fingerprint density at radius 3 is 1.36 bits per heavy atom. The number of amides is 3. The Morgan fingerprint density at radius 2 is 0.870 bits per heavy atom. The highest BCUT2D eigenvalue weighted by Crippen LogP contribution is 2.45. The van der Waals surface area contributed by atoms with Gasteiger partial charge in [0.15, 0.2) is 0 Å². The van der Waals surface area contributed by atoms with Crippen molar-refractivity contribution in [1.82, 2.24) is 58.2 Å². The smallest absolute Gasteiger partial charge is 0.323 e. The van der Waals surface area contributed by atoms with Gasteiger partial charge in [0.05, 0.1) is 27.8 Å². The maximum absolute atomic E-state index is 14.1. The van der Waals surface area contributed by atoms with Gasteiger partial charge in [-0.1, -0.05) is 105 Å². The number of para-hydroxylation sites is 3. The minimum absolute atomic E-state index is 0. The first-order valence-corrected chi connectivity index (χ1v) is 45.1. The first-order valence-electron chi connectivity index (χ1n) is 45.1. The molecule has 8 aromatic heterocycles. The Hall–Kier alpha value is -14.1. The average molecular weight is 1930 g/mol. The topological polar surface area (TPSA) is 293 Å². The first-order chi connectivity index (χ1) is 64.7. The average Bonchev–Trinajstić information content (AvgIpc) is 1.61. The number of hydrogen-bond acceptors (Lipinski definition) is 12. The van der Waals surface area contributed by atoms with Crippen LogP contribution in [0.3, 0.4) is 0 Å². The van der Waals surface area contributed by atoms with Crippen LogP contribution in [0, 0.1) is 51.0 Å². The lowest BCUT2D eigenvalue weighted by molar-refractivity contribution is -0.138. The molecule has 20 rings (SSSR count). The first kappa shape index (κ1) is 101. The molecule has 2 saturated carbocycles. The largest absolute Gasteiger partial charge is 0.480 e. The van der Waals surface area contributed by atoms with E-state index in [0.717, 1.165) is 216 Å². The van der Waals surface area contributed by atoms with Crippen LogP contribution in [0.4, 0.5) is 17.6 Å². The zero-order chi connectivity index (χ0) is 93.9. The lowest BCUT2D eigenvalue weighted by Gasteiger charge is -2.35. The molecular weight excluding hydrogens is 1820 g/mol. The normalized spacial score (nSPS) is 15.9. The predicted octanol–water partition coefficient (Wildman–Crippen LogP) is 22.3. The summed E-state index contributed by atoms with van der Waals surface area (Å²) in [6.07, 6.45) is 14.0. The molecule has 0 unspecified atom stereocenters. The fourth-order valence-corrected chi connectivity index (χ4v) is 20.4. The zero-order valence-corrected chi connectivity index (χ0v) is 78.4.